The number of nitrogens with one attached hydrogen (secondary N) is 1. The van der Waals surface area contributed by atoms with Crippen molar-refractivity contribution in [2.45, 2.75) is 52.1 Å². The summed E-state index contributed by atoms with van der Waals surface area (Å²) in [7, 11) is -4.06. The molecule has 0 aliphatic heterocycles. The topological polar surface area (TPSA) is 86.8 Å². The van der Waals surface area contributed by atoms with Crippen molar-refractivity contribution >= 4 is 27.5 Å². The molecule has 0 heterocycles. The van der Waals surface area contributed by atoms with Crippen molar-refractivity contribution in [2.24, 2.45) is 0 Å². The number of likely N-dealkylation sites (N-methyl/N-ethyl adjacent to an activating group) is 1. The van der Waals surface area contributed by atoms with Gasteiger partial charge >= 0.3 is 0 Å². The zero-order chi connectivity index (χ0) is 27.2. The Balaban J connectivity index is 2.03. The van der Waals surface area contributed by atoms with E-state index >= 15 is 0 Å². The molecule has 3 aromatic rings. The Morgan fingerprint density at radius 1 is 0.892 bits per heavy atom. The highest BCUT2D eigenvalue weighted by molar-refractivity contribution is 7.92. The summed E-state index contributed by atoms with van der Waals surface area (Å²) in [5.74, 6) is -0.774. The minimum Gasteiger partial charge on any atom is -0.355 e. The van der Waals surface area contributed by atoms with E-state index in [1.54, 1.807) is 37.3 Å². The lowest BCUT2D eigenvalue weighted by molar-refractivity contribution is -0.139. The molecule has 2 amide bonds. The maximum atomic E-state index is 13.8. The molecule has 0 aromatic heterocycles. The highest BCUT2D eigenvalue weighted by atomic mass is 32.2. The van der Waals surface area contributed by atoms with Crippen molar-refractivity contribution in [3.63, 3.8) is 0 Å². The minimum atomic E-state index is -4.06. The van der Waals surface area contributed by atoms with E-state index in [1.165, 1.54) is 17.0 Å². The van der Waals surface area contributed by atoms with Gasteiger partial charge in [0.1, 0.15) is 12.6 Å². The third kappa shape index (κ3) is 6.77. The fourth-order valence-corrected chi connectivity index (χ4v) is 5.35. The molecule has 7 nitrogen and oxygen atoms in total. The molecule has 0 saturated heterocycles. The van der Waals surface area contributed by atoms with Crippen LogP contribution in [0.5, 0.6) is 0 Å². The van der Waals surface area contributed by atoms with Gasteiger partial charge in [-0.25, -0.2) is 8.42 Å². The average molecular weight is 522 g/mol. The molecule has 3 rings (SSSR count). The fraction of sp³-hybridized carbons (Fsp3) is 0.310. The molecule has 8 heteroatoms. The number of nitrogens with zero attached hydrogens (tertiary/aromatic N) is 2. The Bertz CT molecular complexity index is 1340. The standard InChI is InChI=1S/C29H35N3O4S/c1-6-30-29(34)24(5)31(19-25-15-12-21(2)13-16-25)28(33)20-32(26-17-14-22(3)23(4)18-26)37(35,36)27-10-8-7-9-11-27/h7-18,24H,6,19-20H2,1-5H3,(H,30,34)/t24-/m0/s1. The largest absolute Gasteiger partial charge is 0.355 e. The van der Waals surface area contributed by atoms with Crippen LogP contribution in [0.2, 0.25) is 0 Å². The average Bonchev–Trinajstić information content (AvgIpc) is 2.88. The molecule has 37 heavy (non-hydrogen) atoms. The van der Waals surface area contributed by atoms with E-state index in [4.69, 9.17) is 0 Å². The van der Waals surface area contributed by atoms with Crippen molar-refractivity contribution in [1.29, 1.82) is 0 Å². The number of rotatable bonds is 10. The van der Waals surface area contributed by atoms with Crippen molar-refractivity contribution < 1.29 is 18.0 Å². The van der Waals surface area contributed by atoms with Crippen molar-refractivity contribution in [3.05, 3.63) is 95.1 Å². The maximum Gasteiger partial charge on any atom is 0.264 e. The number of anilines is 1. The quantitative estimate of drug-likeness (QED) is 0.430. The summed E-state index contributed by atoms with van der Waals surface area (Å²) < 4.78 is 28.7. The number of hydrogen-bond donors (Lipinski definition) is 1. The normalized spacial score (nSPS) is 12.0. The van der Waals surface area contributed by atoms with Crippen LogP contribution in [-0.4, -0.2) is 44.3 Å². The minimum absolute atomic E-state index is 0.0860. The van der Waals surface area contributed by atoms with E-state index in [-0.39, 0.29) is 17.3 Å². The van der Waals surface area contributed by atoms with Gasteiger partial charge in [0.15, 0.2) is 0 Å². The summed E-state index contributed by atoms with van der Waals surface area (Å²) in [5, 5.41) is 2.77. The Hall–Kier alpha value is -3.65. The Labute approximate surface area is 220 Å². The van der Waals surface area contributed by atoms with Gasteiger partial charge in [-0.3, -0.25) is 13.9 Å². The van der Waals surface area contributed by atoms with Gasteiger partial charge < -0.3 is 10.2 Å². The molecule has 0 radical (unpaired) electrons. The number of hydrogen-bond acceptors (Lipinski definition) is 4. The fourth-order valence-electron chi connectivity index (χ4n) is 3.92. The second-order valence-electron chi connectivity index (χ2n) is 9.17. The molecule has 0 aliphatic carbocycles. The first-order valence-electron chi connectivity index (χ1n) is 12.3. The monoisotopic (exact) mass is 521 g/mol. The Morgan fingerprint density at radius 3 is 2.14 bits per heavy atom. The number of amides is 2. The van der Waals surface area contributed by atoms with Crippen LogP contribution in [0.25, 0.3) is 0 Å². The first-order chi connectivity index (χ1) is 17.5. The van der Waals surface area contributed by atoms with Gasteiger partial charge in [-0.1, -0.05) is 54.1 Å². The molecule has 3 aromatic carbocycles. The van der Waals surface area contributed by atoms with E-state index < -0.39 is 28.5 Å². The highest BCUT2D eigenvalue weighted by Crippen LogP contribution is 2.26. The molecular formula is C29H35N3O4S. The first-order valence-corrected chi connectivity index (χ1v) is 13.8. The van der Waals surface area contributed by atoms with E-state index in [0.717, 1.165) is 26.6 Å². The smallest absolute Gasteiger partial charge is 0.264 e. The maximum absolute atomic E-state index is 13.8. The third-order valence-electron chi connectivity index (χ3n) is 6.38. The number of aryl methyl sites for hydroxylation is 3. The molecule has 0 saturated carbocycles. The van der Waals surface area contributed by atoms with Crippen LogP contribution >= 0.6 is 0 Å². The Morgan fingerprint density at radius 2 is 1.54 bits per heavy atom. The molecule has 1 N–H and O–H groups in total. The summed E-state index contributed by atoms with van der Waals surface area (Å²) in [6.45, 7) is 9.42. The van der Waals surface area contributed by atoms with Gasteiger partial charge in [-0.05, 0) is 75.6 Å². The summed E-state index contributed by atoms with van der Waals surface area (Å²) in [4.78, 5) is 28.1. The van der Waals surface area contributed by atoms with Crippen molar-refractivity contribution in [3.8, 4) is 0 Å². The lowest BCUT2D eigenvalue weighted by Gasteiger charge is -2.32. The van der Waals surface area contributed by atoms with Crippen LogP contribution < -0.4 is 9.62 Å². The summed E-state index contributed by atoms with van der Waals surface area (Å²) in [6.07, 6.45) is 0. The van der Waals surface area contributed by atoms with E-state index in [9.17, 15) is 18.0 Å². The lowest BCUT2D eigenvalue weighted by Crippen LogP contribution is -2.51. The SMILES string of the molecule is CCNC(=O)[C@H](C)N(Cc1ccc(C)cc1)C(=O)CN(c1ccc(C)c(C)c1)S(=O)(=O)c1ccccc1. The van der Waals surface area contributed by atoms with Crippen LogP contribution in [0.1, 0.15) is 36.1 Å². The number of benzene rings is 3. The second-order valence-corrected chi connectivity index (χ2v) is 11.0. The van der Waals surface area contributed by atoms with E-state index in [0.29, 0.717) is 12.2 Å². The van der Waals surface area contributed by atoms with Gasteiger partial charge in [-0.15, -0.1) is 0 Å². The molecule has 0 bridgehead atoms. The van der Waals surface area contributed by atoms with Gasteiger partial charge in [0, 0.05) is 13.1 Å². The molecule has 0 unspecified atom stereocenters. The molecular weight excluding hydrogens is 486 g/mol. The van der Waals surface area contributed by atoms with Crippen molar-refractivity contribution in [1.82, 2.24) is 10.2 Å². The summed E-state index contributed by atoms with van der Waals surface area (Å²) in [5.41, 5.74) is 4.23. The summed E-state index contributed by atoms with van der Waals surface area (Å²) >= 11 is 0. The number of carbonyl (C=O) groups is 2. The van der Waals surface area contributed by atoms with Crippen LogP contribution in [0, 0.1) is 20.8 Å². The van der Waals surface area contributed by atoms with E-state index in [2.05, 4.69) is 5.32 Å². The predicted molar refractivity (Wildman–Crippen MR) is 147 cm³/mol. The van der Waals surface area contributed by atoms with Gasteiger partial charge in [0.2, 0.25) is 11.8 Å². The van der Waals surface area contributed by atoms with E-state index in [1.807, 2.05) is 58.0 Å². The zero-order valence-corrected chi connectivity index (χ0v) is 22.9. The summed E-state index contributed by atoms with van der Waals surface area (Å²) in [6, 6.07) is 20.2. The predicted octanol–water partition coefficient (Wildman–Crippen LogP) is 4.36. The van der Waals surface area contributed by atoms with Gasteiger partial charge in [0.05, 0.1) is 10.6 Å². The molecule has 0 aliphatic rings. The molecule has 1 atom stereocenters. The van der Waals surface area contributed by atoms with Gasteiger partial charge in [0.25, 0.3) is 10.0 Å². The third-order valence-corrected chi connectivity index (χ3v) is 8.17. The van der Waals surface area contributed by atoms with Crippen LogP contribution in [-0.2, 0) is 26.2 Å². The lowest BCUT2D eigenvalue weighted by atomic mass is 10.1. The highest BCUT2D eigenvalue weighted by Gasteiger charge is 2.32. The van der Waals surface area contributed by atoms with Gasteiger partial charge in [-0.2, -0.15) is 0 Å². The molecule has 196 valence electrons. The first kappa shape index (κ1) is 27.9. The van der Waals surface area contributed by atoms with Crippen LogP contribution in [0.4, 0.5) is 5.69 Å². The molecule has 0 fully saturated rings. The number of sulfonamides is 1. The van der Waals surface area contributed by atoms with Crippen LogP contribution in [0.3, 0.4) is 0 Å². The second kappa shape index (κ2) is 12.1. The number of carbonyl (C=O) groups excluding carboxylic acids is 2. The molecule has 0 spiro atoms. The van der Waals surface area contributed by atoms with Crippen LogP contribution in [0.15, 0.2) is 77.7 Å². The van der Waals surface area contributed by atoms with Crippen molar-refractivity contribution in [2.75, 3.05) is 17.4 Å². The zero-order valence-electron chi connectivity index (χ0n) is 22.1. The Kier molecular flexibility index (Phi) is 9.10.